The molecule has 0 aromatic heterocycles. The van der Waals surface area contributed by atoms with Gasteiger partial charge in [0.15, 0.2) is 0 Å². The van der Waals surface area contributed by atoms with Gasteiger partial charge in [-0.15, -0.1) is 23.2 Å². The lowest BCUT2D eigenvalue weighted by molar-refractivity contribution is -0.480. The molecule has 0 spiro atoms. The minimum absolute atomic E-state index is 0.198. The summed E-state index contributed by atoms with van der Waals surface area (Å²) in [5.41, 5.74) is 0. The molecule has 0 aliphatic heterocycles. The van der Waals surface area contributed by atoms with Crippen LogP contribution < -0.4 is 0 Å². The van der Waals surface area contributed by atoms with Crippen LogP contribution in [0.3, 0.4) is 0 Å². The van der Waals surface area contributed by atoms with Gasteiger partial charge in [0.2, 0.25) is 6.54 Å². The van der Waals surface area contributed by atoms with Crippen LogP contribution in [0.5, 0.6) is 0 Å². The Morgan fingerprint density at radius 3 is 2.25 bits per heavy atom. The van der Waals surface area contributed by atoms with Crippen molar-refractivity contribution in [2.24, 2.45) is 0 Å². The Hall–Kier alpha value is 0.130. The molecule has 0 radical (unpaired) electrons. The number of alkyl halides is 2. The van der Waals surface area contributed by atoms with Crippen molar-refractivity contribution in [3.63, 3.8) is 0 Å². The zero-order valence-corrected chi connectivity index (χ0v) is 11.6. The summed E-state index contributed by atoms with van der Waals surface area (Å²) in [5.74, 6) is 0. The van der Waals surface area contributed by atoms with Gasteiger partial charge in [-0.1, -0.05) is 0 Å². The lowest BCUT2D eigenvalue weighted by Crippen LogP contribution is -2.38. The summed E-state index contributed by atoms with van der Waals surface area (Å²) in [6, 6.07) is 0. The summed E-state index contributed by atoms with van der Waals surface area (Å²) in [7, 11) is -0.906. The highest BCUT2D eigenvalue weighted by molar-refractivity contribution is 7.54. The van der Waals surface area contributed by atoms with Gasteiger partial charge < -0.3 is 9.05 Å². The molecule has 0 rings (SSSR count). The zero-order valence-electron chi connectivity index (χ0n) is 9.18. The molecular weight excluding hydrogens is 280 g/mol. The van der Waals surface area contributed by atoms with E-state index >= 15 is 0 Å². The third-order valence-electron chi connectivity index (χ3n) is 2.02. The molecule has 2 atom stereocenters. The molecule has 0 N–H and O–H groups in total. The van der Waals surface area contributed by atoms with Gasteiger partial charge in [-0.2, -0.15) is 0 Å². The monoisotopic (exact) mass is 293 g/mol. The molecule has 0 saturated carbocycles. The van der Waals surface area contributed by atoms with Crippen LogP contribution in [0.25, 0.3) is 0 Å². The van der Waals surface area contributed by atoms with Gasteiger partial charge in [0, 0.05) is 19.1 Å². The maximum atomic E-state index is 11.8. The van der Waals surface area contributed by atoms with E-state index < -0.39 is 29.3 Å². The fourth-order valence-corrected chi connectivity index (χ4v) is 3.19. The maximum Gasteiger partial charge on any atom is 0.331 e. The quantitative estimate of drug-likeness (QED) is 0.312. The van der Waals surface area contributed by atoms with Gasteiger partial charge in [-0.3, -0.25) is 14.7 Å². The SMILES string of the molecule is COP(=O)(CC(C)(Cl)C(Cl)C[N+](=O)[O-])OC. The predicted octanol–water partition coefficient (Wildman–Crippen LogP) is 2.35. The highest BCUT2D eigenvalue weighted by Gasteiger charge is 2.41. The largest absolute Gasteiger partial charge is 0.331 e. The van der Waals surface area contributed by atoms with E-state index in [1.165, 1.54) is 21.1 Å². The van der Waals surface area contributed by atoms with E-state index in [2.05, 4.69) is 0 Å². The Morgan fingerprint density at radius 2 is 1.94 bits per heavy atom. The fourth-order valence-electron chi connectivity index (χ4n) is 1.00. The van der Waals surface area contributed by atoms with E-state index in [1.807, 2.05) is 0 Å². The van der Waals surface area contributed by atoms with Gasteiger partial charge >= 0.3 is 7.60 Å². The standard InChI is InChI=1S/C7H14Cl2NO5P/c1-7(9,6(8)4-10(11)12)5-16(13,14-2)15-3/h6H,4-5H2,1-3H3. The summed E-state index contributed by atoms with van der Waals surface area (Å²) in [6.45, 7) is 0.940. The van der Waals surface area contributed by atoms with Crippen molar-refractivity contribution in [2.75, 3.05) is 26.9 Å². The van der Waals surface area contributed by atoms with Gasteiger partial charge in [-0.25, -0.2) is 0 Å². The van der Waals surface area contributed by atoms with Crippen LogP contribution in [0, 0.1) is 10.1 Å². The molecule has 0 bridgehead atoms. The number of hydrogen-bond acceptors (Lipinski definition) is 5. The van der Waals surface area contributed by atoms with Crippen molar-refractivity contribution in [3.8, 4) is 0 Å². The summed E-state index contributed by atoms with van der Waals surface area (Å²) in [4.78, 5) is 8.47. The Kier molecular flexibility index (Phi) is 6.22. The maximum absolute atomic E-state index is 11.8. The Morgan fingerprint density at radius 1 is 1.50 bits per heavy atom. The van der Waals surface area contributed by atoms with Crippen molar-refractivity contribution in [2.45, 2.75) is 17.2 Å². The summed E-state index contributed by atoms with van der Waals surface area (Å²) < 4.78 is 21.2. The number of nitrogens with zero attached hydrogens (tertiary/aromatic N) is 1. The lowest BCUT2D eigenvalue weighted by Gasteiger charge is -2.27. The van der Waals surface area contributed by atoms with Crippen molar-refractivity contribution in [3.05, 3.63) is 10.1 Å². The molecule has 2 unspecified atom stereocenters. The predicted molar refractivity (Wildman–Crippen MR) is 62.3 cm³/mol. The third kappa shape index (κ3) is 4.97. The van der Waals surface area contributed by atoms with Crippen molar-refractivity contribution in [1.29, 1.82) is 0 Å². The normalized spacial score (nSPS) is 17.8. The summed E-state index contributed by atoms with van der Waals surface area (Å²) in [6.07, 6.45) is -0.198. The van der Waals surface area contributed by atoms with E-state index in [1.54, 1.807) is 0 Å². The van der Waals surface area contributed by atoms with Crippen LogP contribution in [0.2, 0.25) is 0 Å². The summed E-state index contributed by atoms with van der Waals surface area (Å²) in [5, 5.41) is 9.32. The van der Waals surface area contributed by atoms with Crippen molar-refractivity contribution in [1.82, 2.24) is 0 Å². The Balaban J connectivity index is 4.66. The average molecular weight is 294 g/mol. The number of hydrogen-bond donors (Lipinski definition) is 0. The van der Waals surface area contributed by atoms with Gasteiger partial charge in [0.05, 0.1) is 11.0 Å². The molecule has 0 amide bonds. The molecule has 0 saturated heterocycles. The first kappa shape index (κ1) is 16.1. The van der Waals surface area contributed by atoms with E-state index in [-0.39, 0.29) is 6.16 Å². The first-order valence-electron chi connectivity index (χ1n) is 4.32. The second-order valence-electron chi connectivity index (χ2n) is 3.40. The highest BCUT2D eigenvalue weighted by atomic mass is 35.5. The van der Waals surface area contributed by atoms with Crippen LogP contribution in [-0.2, 0) is 13.6 Å². The Labute approximate surface area is 104 Å². The smallest absolute Gasteiger partial charge is 0.312 e. The minimum Gasteiger partial charge on any atom is -0.312 e. The molecule has 0 aliphatic carbocycles. The first-order chi connectivity index (χ1) is 7.17. The zero-order chi connectivity index (χ0) is 13.0. The molecule has 0 aliphatic rings. The van der Waals surface area contributed by atoms with E-state index in [4.69, 9.17) is 32.2 Å². The van der Waals surface area contributed by atoms with Gasteiger partial charge in [-0.05, 0) is 6.92 Å². The number of nitro groups is 1. The molecule has 0 fully saturated rings. The molecule has 0 aromatic rings. The second kappa shape index (κ2) is 6.17. The van der Waals surface area contributed by atoms with E-state index in [0.29, 0.717) is 0 Å². The van der Waals surface area contributed by atoms with Gasteiger partial charge in [0.25, 0.3) is 0 Å². The molecule has 0 heterocycles. The van der Waals surface area contributed by atoms with Crippen LogP contribution >= 0.6 is 30.8 Å². The van der Waals surface area contributed by atoms with Crippen LogP contribution in [0.15, 0.2) is 0 Å². The van der Waals surface area contributed by atoms with Crippen LogP contribution in [0.4, 0.5) is 0 Å². The van der Waals surface area contributed by atoms with E-state index in [9.17, 15) is 14.7 Å². The lowest BCUT2D eigenvalue weighted by atomic mass is 10.1. The molecule has 0 aromatic carbocycles. The minimum atomic E-state index is -3.34. The second-order valence-corrected chi connectivity index (χ2v) is 7.05. The first-order valence-corrected chi connectivity index (χ1v) is 6.86. The van der Waals surface area contributed by atoms with Crippen molar-refractivity contribution >= 4 is 30.8 Å². The average Bonchev–Trinajstić information content (AvgIpc) is 2.16. The molecular formula is C7H14Cl2NO5P. The highest BCUT2D eigenvalue weighted by Crippen LogP contribution is 2.51. The topological polar surface area (TPSA) is 78.7 Å². The fraction of sp³-hybridized carbons (Fsp3) is 1.00. The molecule has 16 heavy (non-hydrogen) atoms. The number of rotatable bonds is 7. The molecule has 96 valence electrons. The number of halogens is 2. The van der Waals surface area contributed by atoms with Crippen LogP contribution in [-0.4, -0.2) is 42.1 Å². The van der Waals surface area contributed by atoms with Crippen molar-refractivity contribution < 1.29 is 18.5 Å². The molecule has 6 nitrogen and oxygen atoms in total. The summed E-state index contributed by atoms with van der Waals surface area (Å²) >= 11 is 11.8. The van der Waals surface area contributed by atoms with Crippen LogP contribution in [0.1, 0.15) is 6.92 Å². The van der Waals surface area contributed by atoms with E-state index in [0.717, 1.165) is 0 Å². The third-order valence-corrected chi connectivity index (χ3v) is 5.49. The van der Waals surface area contributed by atoms with Gasteiger partial charge in [0.1, 0.15) is 5.38 Å². The Bertz CT molecular complexity index is 291. The molecule has 9 heteroatoms.